The van der Waals surface area contributed by atoms with E-state index in [0.717, 1.165) is 6.29 Å². The second kappa shape index (κ2) is 1.35. The summed E-state index contributed by atoms with van der Waals surface area (Å²) >= 11 is 0. The number of carbonyl (C=O) groups excluding carboxylic acids is 2. The maximum absolute atomic E-state index is 10.6. The molecule has 1 saturated heterocycles. The van der Waals surface area contributed by atoms with Crippen molar-refractivity contribution in [2.24, 2.45) is 17.8 Å². The average Bonchev–Trinajstić information content (AvgIpc) is 2.46. The number of aldehydes is 1. The van der Waals surface area contributed by atoms with Crippen LogP contribution >= 0.6 is 0 Å². The first kappa shape index (κ1) is 4.97. The van der Waals surface area contributed by atoms with Crippen LogP contribution in [0.15, 0.2) is 0 Å². The molecule has 3 nitrogen and oxygen atoms in total. The van der Waals surface area contributed by atoms with Gasteiger partial charge in [0, 0.05) is 11.8 Å². The molecule has 2 rings (SSSR count). The molecule has 0 amide bonds. The van der Waals surface area contributed by atoms with Crippen molar-refractivity contribution in [1.29, 1.82) is 0 Å². The molecule has 0 unspecified atom stereocenters. The van der Waals surface area contributed by atoms with Gasteiger partial charge < -0.3 is 9.53 Å². The predicted octanol–water partition coefficient (Wildman–Crippen LogP) is -0.396. The Hall–Kier alpha value is -0.860. The second-order valence-electron chi connectivity index (χ2n) is 2.53. The molecule has 0 aromatic rings. The molecule has 9 heavy (non-hydrogen) atoms. The zero-order valence-corrected chi connectivity index (χ0v) is 4.74. The van der Waals surface area contributed by atoms with Crippen LogP contribution in [0.5, 0.6) is 0 Å². The molecule has 2 aliphatic rings. The molecule has 0 radical (unpaired) electrons. The van der Waals surface area contributed by atoms with Gasteiger partial charge in [0.05, 0.1) is 12.5 Å². The van der Waals surface area contributed by atoms with Crippen molar-refractivity contribution in [3.05, 3.63) is 0 Å². The van der Waals surface area contributed by atoms with Gasteiger partial charge in [-0.15, -0.1) is 0 Å². The molecule has 1 heterocycles. The molecule has 1 aliphatic heterocycles. The van der Waals surface area contributed by atoms with Crippen LogP contribution in [0.1, 0.15) is 0 Å². The number of esters is 1. The van der Waals surface area contributed by atoms with Crippen molar-refractivity contribution in [1.82, 2.24) is 0 Å². The number of ether oxygens (including phenoxy) is 1. The Morgan fingerprint density at radius 2 is 2.44 bits per heavy atom. The first-order valence-corrected chi connectivity index (χ1v) is 2.96. The monoisotopic (exact) mass is 126 g/mol. The van der Waals surface area contributed by atoms with Crippen molar-refractivity contribution in [3.8, 4) is 0 Å². The third-order valence-electron chi connectivity index (χ3n) is 2.08. The predicted molar refractivity (Wildman–Crippen MR) is 27.5 cm³/mol. The summed E-state index contributed by atoms with van der Waals surface area (Å²) in [6.45, 7) is 0.465. The van der Waals surface area contributed by atoms with E-state index < -0.39 is 0 Å². The summed E-state index contributed by atoms with van der Waals surface area (Å²) in [7, 11) is 0. The lowest BCUT2D eigenvalue weighted by molar-refractivity contribution is -0.142. The Bertz CT molecular complexity index is 175. The molecule has 1 aliphatic carbocycles. The zero-order valence-electron chi connectivity index (χ0n) is 4.74. The molecular formula is C6H6O3. The minimum atomic E-state index is -0.183. The fourth-order valence-corrected chi connectivity index (χ4v) is 1.41. The van der Waals surface area contributed by atoms with Gasteiger partial charge in [-0.2, -0.15) is 0 Å². The molecule has 0 spiro atoms. The molecule has 0 bridgehead atoms. The molecular weight excluding hydrogens is 120 g/mol. The normalized spacial score (nSPS) is 45.8. The molecule has 3 atom stereocenters. The number of cyclic esters (lactones) is 1. The molecule has 48 valence electrons. The van der Waals surface area contributed by atoms with Crippen LogP contribution in [0.4, 0.5) is 0 Å². The molecule has 2 fully saturated rings. The SMILES string of the molecule is O=C[C@H]1[C@H]2COC(=O)[C@@H]12. The van der Waals surface area contributed by atoms with Gasteiger partial charge in [-0.1, -0.05) is 0 Å². The Balaban J connectivity index is 2.14. The van der Waals surface area contributed by atoms with Crippen LogP contribution in [0, 0.1) is 17.8 Å². The van der Waals surface area contributed by atoms with Crippen molar-refractivity contribution in [3.63, 3.8) is 0 Å². The van der Waals surface area contributed by atoms with Crippen molar-refractivity contribution >= 4 is 12.3 Å². The summed E-state index contributed by atoms with van der Waals surface area (Å²) in [6, 6.07) is 0. The Morgan fingerprint density at radius 1 is 1.67 bits per heavy atom. The van der Waals surface area contributed by atoms with E-state index in [0.29, 0.717) is 6.61 Å². The number of hydrogen-bond donors (Lipinski definition) is 0. The lowest BCUT2D eigenvalue weighted by Gasteiger charge is -1.94. The molecule has 0 N–H and O–H groups in total. The summed E-state index contributed by atoms with van der Waals surface area (Å²) in [6.07, 6.45) is 0.857. The topological polar surface area (TPSA) is 43.4 Å². The van der Waals surface area contributed by atoms with E-state index in [-0.39, 0.29) is 23.7 Å². The highest BCUT2D eigenvalue weighted by atomic mass is 16.5. The molecule has 0 aromatic carbocycles. The summed E-state index contributed by atoms with van der Waals surface area (Å²) in [5.41, 5.74) is 0. The van der Waals surface area contributed by atoms with Crippen LogP contribution in [-0.2, 0) is 14.3 Å². The summed E-state index contributed by atoms with van der Waals surface area (Å²) in [4.78, 5) is 20.7. The van der Waals surface area contributed by atoms with Gasteiger partial charge in [-0.3, -0.25) is 4.79 Å². The van der Waals surface area contributed by atoms with Gasteiger partial charge in [-0.05, 0) is 0 Å². The highest BCUT2D eigenvalue weighted by Crippen LogP contribution is 2.49. The number of carbonyl (C=O) groups is 2. The highest BCUT2D eigenvalue weighted by molar-refractivity contribution is 5.85. The van der Waals surface area contributed by atoms with Crippen molar-refractivity contribution in [2.45, 2.75) is 0 Å². The largest absolute Gasteiger partial charge is 0.465 e. The molecule has 3 heteroatoms. The highest BCUT2D eigenvalue weighted by Gasteiger charge is 2.60. The Labute approximate surface area is 52.0 Å². The van der Waals surface area contributed by atoms with Gasteiger partial charge in [0.2, 0.25) is 0 Å². The minimum absolute atomic E-state index is 0.00810. The summed E-state index contributed by atoms with van der Waals surface area (Å²) < 4.78 is 4.65. The Morgan fingerprint density at radius 3 is 2.78 bits per heavy atom. The second-order valence-corrected chi connectivity index (χ2v) is 2.53. The van der Waals surface area contributed by atoms with Crippen LogP contribution in [-0.4, -0.2) is 18.9 Å². The van der Waals surface area contributed by atoms with Crippen LogP contribution < -0.4 is 0 Å². The maximum atomic E-state index is 10.6. The van der Waals surface area contributed by atoms with E-state index in [1.807, 2.05) is 0 Å². The van der Waals surface area contributed by atoms with E-state index in [9.17, 15) is 9.59 Å². The van der Waals surface area contributed by atoms with E-state index in [4.69, 9.17) is 0 Å². The van der Waals surface area contributed by atoms with E-state index in [2.05, 4.69) is 4.74 Å². The van der Waals surface area contributed by atoms with Crippen molar-refractivity contribution in [2.75, 3.05) is 6.61 Å². The fraction of sp³-hybridized carbons (Fsp3) is 0.667. The van der Waals surface area contributed by atoms with Crippen LogP contribution in [0.3, 0.4) is 0 Å². The fourth-order valence-electron chi connectivity index (χ4n) is 1.41. The first-order valence-electron chi connectivity index (χ1n) is 2.96. The standard InChI is InChI=1S/C6H6O3/c7-1-3-4-2-9-6(8)5(3)4/h1,3-5H,2H2/t3-,4+,5-/m0/s1. The number of fused-ring (bicyclic) bond motifs is 1. The smallest absolute Gasteiger partial charge is 0.310 e. The minimum Gasteiger partial charge on any atom is -0.465 e. The first-order chi connectivity index (χ1) is 4.34. The van der Waals surface area contributed by atoms with E-state index in [1.165, 1.54) is 0 Å². The van der Waals surface area contributed by atoms with Crippen molar-refractivity contribution < 1.29 is 14.3 Å². The van der Waals surface area contributed by atoms with Gasteiger partial charge in [0.15, 0.2) is 0 Å². The summed E-state index contributed by atoms with van der Waals surface area (Å²) in [5.74, 6) is -0.0270. The van der Waals surface area contributed by atoms with Crippen LogP contribution in [0.2, 0.25) is 0 Å². The number of hydrogen-bond acceptors (Lipinski definition) is 3. The third kappa shape index (κ3) is 0.465. The molecule has 1 saturated carbocycles. The van der Waals surface area contributed by atoms with Gasteiger partial charge in [0.1, 0.15) is 6.29 Å². The molecule has 0 aromatic heterocycles. The lowest BCUT2D eigenvalue weighted by atomic mass is 10.3. The van der Waals surface area contributed by atoms with Gasteiger partial charge in [-0.25, -0.2) is 0 Å². The maximum Gasteiger partial charge on any atom is 0.310 e. The van der Waals surface area contributed by atoms with Crippen LogP contribution in [0.25, 0.3) is 0 Å². The number of rotatable bonds is 1. The average molecular weight is 126 g/mol. The van der Waals surface area contributed by atoms with Gasteiger partial charge >= 0.3 is 5.97 Å². The Kier molecular flexibility index (Phi) is 0.743. The lowest BCUT2D eigenvalue weighted by Crippen LogP contribution is -2.05. The summed E-state index contributed by atoms with van der Waals surface area (Å²) in [5, 5.41) is 0. The van der Waals surface area contributed by atoms with E-state index >= 15 is 0 Å². The van der Waals surface area contributed by atoms with E-state index in [1.54, 1.807) is 0 Å². The quantitative estimate of drug-likeness (QED) is 0.355. The third-order valence-corrected chi connectivity index (χ3v) is 2.08. The van der Waals surface area contributed by atoms with Gasteiger partial charge in [0.25, 0.3) is 0 Å². The zero-order chi connectivity index (χ0) is 6.43.